The topological polar surface area (TPSA) is 46.9 Å². The lowest BCUT2D eigenvalue weighted by Crippen LogP contribution is -2.56. The van der Waals surface area contributed by atoms with E-state index < -0.39 is 0 Å². The predicted octanol–water partition coefficient (Wildman–Crippen LogP) is 3.14. The first-order chi connectivity index (χ1) is 10.6. The fourth-order valence-electron chi connectivity index (χ4n) is 6.12. The molecule has 4 aliphatic rings. The number of hydrogen-bond donors (Lipinski definition) is 1. The van der Waals surface area contributed by atoms with Crippen molar-refractivity contribution in [3.8, 4) is 0 Å². The monoisotopic (exact) mass is 301 g/mol. The van der Waals surface area contributed by atoms with Crippen LogP contribution in [0, 0.1) is 23.2 Å². The average molecular weight is 301 g/mol. The molecule has 4 saturated carbocycles. The molecule has 1 aromatic rings. The summed E-state index contributed by atoms with van der Waals surface area (Å²) in [7, 11) is 1.83. The molecule has 4 fully saturated rings. The Kier molecular flexibility index (Phi) is 3.31. The van der Waals surface area contributed by atoms with Crippen molar-refractivity contribution < 1.29 is 4.79 Å². The maximum Gasteiger partial charge on any atom is 0.269 e. The molecule has 1 amide bonds. The molecule has 0 aliphatic heterocycles. The van der Waals surface area contributed by atoms with Crippen molar-refractivity contribution in [3.05, 3.63) is 18.0 Å². The molecule has 1 heterocycles. The van der Waals surface area contributed by atoms with Crippen molar-refractivity contribution in [2.75, 3.05) is 0 Å². The zero-order valence-corrected chi connectivity index (χ0v) is 13.7. The van der Waals surface area contributed by atoms with E-state index in [9.17, 15) is 4.79 Å². The minimum atomic E-state index is 0.0441. The van der Waals surface area contributed by atoms with Crippen molar-refractivity contribution in [3.63, 3.8) is 0 Å². The quantitative estimate of drug-likeness (QED) is 0.928. The summed E-state index contributed by atoms with van der Waals surface area (Å²) < 4.78 is 1.67. The molecular formula is C18H27N3O. The lowest BCUT2D eigenvalue weighted by Gasteiger charge is -2.59. The van der Waals surface area contributed by atoms with Crippen LogP contribution in [0.15, 0.2) is 12.3 Å². The van der Waals surface area contributed by atoms with Crippen LogP contribution < -0.4 is 5.32 Å². The maximum absolute atomic E-state index is 12.6. The van der Waals surface area contributed by atoms with Crippen LogP contribution in [0.4, 0.5) is 0 Å². The van der Waals surface area contributed by atoms with Crippen LogP contribution in [0.1, 0.15) is 62.4 Å². The van der Waals surface area contributed by atoms with Crippen molar-refractivity contribution in [1.29, 1.82) is 0 Å². The second kappa shape index (κ2) is 5.10. The van der Waals surface area contributed by atoms with Gasteiger partial charge in [0.05, 0.1) is 0 Å². The van der Waals surface area contributed by atoms with E-state index in [-0.39, 0.29) is 5.91 Å². The van der Waals surface area contributed by atoms with E-state index in [4.69, 9.17) is 0 Å². The number of nitrogens with zero attached hydrogens (tertiary/aromatic N) is 2. The lowest BCUT2D eigenvalue weighted by molar-refractivity contribution is -0.0727. The summed E-state index contributed by atoms with van der Waals surface area (Å²) in [5.41, 5.74) is 1.04. The summed E-state index contributed by atoms with van der Waals surface area (Å²) in [5.74, 6) is 2.82. The minimum Gasteiger partial charge on any atom is -0.347 e. The van der Waals surface area contributed by atoms with E-state index in [1.807, 2.05) is 13.1 Å². The van der Waals surface area contributed by atoms with Gasteiger partial charge in [-0.15, -0.1) is 0 Å². The number of aryl methyl sites for hydroxylation is 1. The Morgan fingerprint density at radius 2 is 1.91 bits per heavy atom. The number of hydrogen-bond acceptors (Lipinski definition) is 2. The van der Waals surface area contributed by atoms with Crippen molar-refractivity contribution in [2.24, 2.45) is 30.2 Å². The molecule has 0 spiro atoms. The summed E-state index contributed by atoms with van der Waals surface area (Å²) in [6, 6.07) is 2.13. The van der Waals surface area contributed by atoms with Crippen LogP contribution in [-0.2, 0) is 7.05 Å². The molecule has 4 nitrogen and oxygen atoms in total. The Labute approximate surface area is 132 Å². The first kappa shape index (κ1) is 14.3. The van der Waals surface area contributed by atoms with Crippen molar-refractivity contribution in [1.82, 2.24) is 15.1 Å². The number of rotatable bonds is 4. The van der Waals surface area contributed by atoms with Crippen LogP contribution in [0.5, 0.6) is 0 Å². The van der Waals surface area contributed by atoms with Crippen LogP contribution in [0.3, 0.4) is 0 Å². The Hall–Kier alpha value is -1.32. The van der Waals surface area contributed by atoms with Gasteiger partial charge in [-0.05, 0) is 74.2 Å². The number of carbonyl (C=O) groups is 1. The van der Waals surface area contributed by atoms with Gasteiger partial charge in [0.15, 0.2) is 0 Å². The summed E-state index contributed by atoms with van der Waals surface area (Å²) >= 11 is 0. The molecule has 1 aromatic heterocycles. The highest BCUT2D eigenvalue weighted by atomic mass is 16.2. The first-order valence-electron chi connectivity index (χ1n) is 8.88. The molecular weight excluding hydrogens is 274 g/mol. The summed E-state index contributed by atoms with van der Waals surface area (Å²) in [6.07, 6.45) is 11.1. The van der Waals surface area contributed by atoms with Crippen LogP contribution in [0.2, 0.25) is 0 Å². The van der Waals surface area contributed by atoms with E-state index in [0.29, 0.717) is 17.2 Å². The van der Waals surface area contributed by atoms with Gasteiger partial charge in [-0.3, -0.25) is 9.48 Å². The fraction of sp³-hybridized carbons (Fsp3) is 0.778. The second-order valence-electron chi connectivity index (χ2n) is 8.05. The van der Waals surface area contributed by atoms with E-state index in [1.165, 1.54) is 38.5 Å². The van der Waals surface area contributed by atoms with Crippen molar-refractivity contribution >= 4 is 5.91 Å². The van der Waals surface area contributed by atoms with Gasteiger partial charge in [0.2, 0.25) is 0 Å². The molecule has 4 aliphatic carbocycles. The second-order valence-corrected chi connectivity index (χ2v) is 8.05. The molecule has 0 aromatic carbocycles. The van der Waals surface area contributed by atoms with Crippen LogP contribution >= 0.6 is 0 Å². The summed E-state index contributed by atoms with van der Waals surface area (Å²) in [6.45, 7) is 2.23. The highest BCUT2D eigenvalue weighted by Crippen LogP contribution is 2.61. The molecule has 1 N–H and O–H groups in total. The number of carbonyl (C=O) groups excluding carboxylic acids is 1. The maximum atomic E-state index is 12.6. The molecule has 5 rings (SSSR count). The van der Waals surface area contributed by atoms with Gasteiger partial charge in [0.1, 0.15) is 5.69 Å². The Balaban J connectivity index is 1.55. The van der Waals surface area contributed by atoms with Crippen LogP contribution in [-0.4, -0.2) is 21.7 Å². The van der Waals surface area contributed by atoms with Crippen LogP contribution in [0.25, 0.3) is 0 Å². The fourth-order valence-corrected chi connectivity index (χ4v) is 6.12. The molecule has 0 saturated heterocycles. The van der Waals surface area contributed by atoms with Gasteiger partial charge in [0.25, 0.3) is 5.91 Å². The predicted molar refractivity (Wildman–Crippen MR) is 85.4 cm³/mol. The third kappa shape index (κ3) is 2.19. The molecule has 0 unspecified atom stereocenters. The average Bonchev–Trinajstić information content (AvgIpc) is 2.89. The van der Waals surface area contributed by atoms with E-state index in [2.05, 4.69) is 17.3 Å². The van der Waals surface area contributed by atoms with Crippen molar-refractivity contribution in [2.45, 2.75) is 57.9 Å². The summed E-state index contributed by atoms with van der Waals surface area (Å²) in [4.78, 5) is 12.6. The zero-order chi connectivity index (χ0) is 15.3. The summed E-state index contributed by atoms with van der Waals surface area (Å²) in [5, 5.41) is 7.49. The normalized spacial score (nSPS) is 37.3. The Bertz CT molecular complexity index is 541. The third-order valence-corrected chi connectivity index (χ3v) is 6.59. The smallest absolute Gasteiger partial charge is 0.269 e. The van der Waals surface area contributed by atoms with E-state index >= 15 is 0 Å². The number of amides is 1. The van der Waals surface area contributed by atoms with Gasteiger partial charge in [-0.1, -0.05) is 6.92 Å². The Morgan fingerprint density at radius 3 is 2.36 bits per heavy atom. The highest BCUT2D eigenvalue weighted by molar-refractivity contribution is 5.92. The molecule has 120 valence electrons. The molecule has 4 bridgehead atoms. The van der Waals surface area contributed by atoms with Gasteiger partial charge in [-0.2, -0.15) is 5.10 Å². The van der Waals surface area contributed by atoms with E-state index in [1.54, 1.807) is 10.9 Å². The van der Waals surface area contributed by atoms with Gasteiger partial charge in [0, 0.05) is 19.3 Å². The lowest BCUT2D eigenvalue weighted by atomic mass is 9.47. The molecule has 1 atom stereocenters. The molecule has 22 heavy (non-hydrogen) atoms. The third-order valence-electron chi connectivity index (χ3n) is 6.59. The Morgan fingerprint density at radius 1 is 1.32 bits per heavy atom. The largest absolute Gasteiger partial charge is 0.347 e. The first-order valence-corrected chi connectivity index (χ1v) is 8.88. The highest BCUT2D eigenvalue weighted by Gasteiger charge is 2.54. The zero-order valence-electron chi connectivity index (χ0n) is 13.7. The molecule has 0 radical (unpaired) electrons. The van der Waals surface area contributed by atoms with Gasteiger partial charge in [-0.25, -0.2) is 0 Å². The van der Waals surface area contributed by atoms with Gasteiger partial charge < -0.3 is 5.32 Å². The standard InChI is InChI=1S/C18H27N3O/c1-3-16(20-17(22)15-4-5-19-21(15)2)18-9-12-6-13(10-18)8-14(7-12)11-18/h4-5,12-14,16H,3,6-11H2,1-2H3,(H,20,22)/t12?,13?,14?,16-,18?/m1/s1. The van der Waals surface area contributed by atoms with Gasteiger partial charge >= 0.3 is 0 Å². The minimum absolute atomic E-state index is 0.0441. The SMILES string of the molecule is CC[C@@H](NC(=O)c1ccnn1C)C12CC3CC(CC(C3)C1)C2. The number of nitrogens with one attached hydrogen (secondary N) is 1. The molecule has 4 heteroatoms. The number of aromatic nitrogens is 2. The van der Waals surface area contributed by atoms with E-state index in [0.717, 1.165) is 24.2 Å².